The van der Waals surface area contributed by atoms with Gasteiger partial charge in [-0.15, -0.1) is 0 Å². The van der Waals surface area contributed by atoms with Gasteiger partial charge in [-0.2, -0.15) is 0 Å². The molecule has 2 atom stereocenters. The van der Waals surface area contributed by atoms with Gasteiger partial charge in [0.05, 0.1) is 18.1 Å². The predicted molar refractivity (Wildman–Crippen MR) is 143 cm³/mol. The first kappa shape index (κ1) is 25.5. The van der Waals surface area contributed by atoms with Gasteiger partial charge >= 0.3 is 6.09 Å². The number of hydrogen-bond donors (Lipinski definition) is 2. The number of nitrogen functional groups attached to an aromatic ring is 1. The number of carbonyl (C=O) groups is 1. The summed E-state index contributed by atoms with van der Waals surface area (Å²) in [5, 5.41) is 4.43. The van der Waals surface area contributed by atoms with Crippen LogP contribution in [0.4, 0.5) is 16.3 Å². The lowest BCUT2D eigenvalue weighted by Gasteiger charge is -2.24. The molecule has 8 heteroatoms. The number of aromatic nitrogens is 2. The second-order valence-electron chi connectivity index (χ2n) is 10.8. The summed E-state index contributed by atoms with van der Waals surface area (Å²) in [7, 11) is 0. The van der Waals surface area contributed by atoms with E-state index in [-0.39, 0.29) is 18.2 Å². The molecule has 36 heavy (non-hydrogen) atoms. The summed E-state index contributed by atoms with van der Waals surface area (Å²) in [5.74, 6) is 2.20. The zero-order valence-corrected chi connectivity index (χ0v) is 22.3. The summed E-state index contributed by atoms with van der Waals surface area (Å²) < 4.78 is 11.9. The van der Waals surface area contributed by atoms with Crippen molar-refractivity contribution in [2.45, 2.75) is 72.6 Å². The summed E-state index contributed by atoms with van der Waals surface area (Å²) in [6.07, 6.45) is 0.341. The molecule has 4 rings (SSSR count). The number of nitrogens with two attached hydrogens (primary N) is 1. The minimum absolute atomic E-state index is 0.00686. The Morgan fingerprint density at radius 1 is 1.14 bits per heavy atom. The highest BCUT2D eigenvalue weighted by Crippen LogP contribution is 2.32. The van der Waals surface area contributed by atoms with E-state index in [1.807, 2.05) is 65.8 Å². The van der Waals surface area contributed by atoms with E-state index in [9.17, 15) is 4.79 Å². The third kappa shape index (κ3) is 5.98. The molecule has 1 aromatic heterocycles. The van der Waals surface area contributed by atoms with Crippen LogP contribution in [-0.2, 0) is 4.74 Å². The van der Waals surface area contributed by atoms with Crippen molar-refractivity contribution < 1.29 is 14.3 Å². The second-order valence-corrected chi connectivity index (χ2v) is 10.8. The minimum atomic E-state index is -0.520. The highest BCUT2D eigenvalue weighted by molar-refractivity contribution is 5.91. The fourth-order valence-electron chi connectivity index (χ4n) is 4.49. The zero-order chi connectivity index (χ0) is 26.2. The van der Waals surface area contributed by atoms with Gasteiger partial charge in [0.25, 0.3) is 0 Å². The van der Waals surface area contributed by atoms with E-state index < -0.39 is 5.60 Å². The van der Waals surface area contributed by atoms with E-state index in [1.165, 1.54) is 0 Å². The molecule has 2 aromatic carbocycles. The van der Waals surface area contributed by atoms with Crippen molar-refractivity contribution in [1.29, 1.82) is 0 Å². The Labute approximate surface area is 213 Å². The number of ether oxygens (including phenoxy) is 2. The number of aryl methyl sites for hydroxylation is 3. The molecule has 1 aliphatic rings. The van der Waals surface area contributed by atoms with Crippen molar-refractivity contribution in [2.75, 3.05) is 24.1 Å². The molecule has 0 radical (unpaired) electrons. The van der Waals surface area contributed by atoms with Crippen LogP contribution in [0.15, 0.2) is 30.3 Å². The molecule has 3 aromatic rings. The van der Waals surface area contributed by atoms with Crippen LogP contribution in [0.1, 0.15) is 62.7 Å². The fraction of sp³-hybridized carbons (Fsp3) is 0.464. The monoisotopic (exact) mass is 491 g/mol. The van der Waals surface area contributed by atoms with Crippen LogP contribution in [0, 0.1) is 20.8 Å². The van der Waals surface area contributed by atoms with Gasteiger partial charge in [-0.1, -0.05) is 6.07 Å². The Morgan fingerprint density at radius 2 is 1.89 bits per heavy atom. The Balaban J connectivity index is 1.57. The second kappa shape index (κ2) is 9.84. The number of nitrogens with zero attached hydrogens (tertiary/aromatic N) is 3. The van der Waals surface area contributed by atoms with Crippen LogP contribution >= 0.6 is 0 Å². The Morgan fingerprint density at radius 3 is 2.58 bits per heavy atom. The van der Waals surface area contributed by atoms with E-state index >= 15 is 0 Å². The van der Waals surface area contributed by atoms with Crippen LogP contribution in [-0.4, -0.2) is 45.8 Å². The number of likely N-dealkylation sites (tertiary alicyclic amines) is 1. The lowest BCUT2D eigenvalue weighted by molar-refractivity contribution is 0.0275. The van der Waals surface area contributed by atoms with Crippen LogP contribution in [0.5, 0.6) is 5.75 Å². The number of benzene rings is 2. The molecule has 0 bridgehead atoms. The molecule has 2 heterocycles. The van der Waals surface area contributed by atoms with Crippen molar-refractivity contribution >= 4 is 28.5 Å². The van der Waals surface area contributed by atoms with E-state index in [2.05, 4.69) is 23.3 Å². The van der Waals surface area contributed by atoms with Crippen molar-refractivity contribution in [3.63, 3.8) is 0 Å². The summed E-state index contributed by atoms with van der Waals surface area (Å²) in [4.78, 5) is 23.5. The molecule has 1 amide bonds. The van der Waals surface area contributed by atoms with Gasteiger partial charge in [0.1, 0.15) is 29.1 Å². The molecule has 0 spiro atoms. The van der Waals surface area contributed by atoms with Crippen LogP contribution < -0.4 is 15.8 Å². The summed E-state index contributed by atoms with van der Waals surface area (Å²) >= 11 is 0. The summed E-state index contributed by atoms with van der Waals surface area (Å²) in [6, 6.07) is 10.1. The SMILES string of the molecule is Cc1cc(N)cc([C@@H](C)Nc2nc(C)nc3cc(C)c(O[C@H]4CCN(C(=O)OC(C)(C)C)C4)cc23)c1. The number of nitrogens with one attached hydrogen (secondary N) is 1. The molecule has 192 valence electrons. The van der Waals surface area contributed by atoms with E-state index in [4.69, 9.17) is 20.2 Å². The molecule has 1 saturated heterocycles. The Bertz CT molecular complexity index is 1260. The summed E-state index contributed by atoms with van der Waals surface area (Å²) in [5.41, 5.74) is 10.3. The van der Waals surface area contributed by atoms with Gasteiger partial charge in [0.15, 0.2) is 0 Å². The van der Waals surface area contributed by atoms with Crippen molar-refractivity contribution in [2.24, 2.45) is 0 Å². The molecule has 0 unspecified atom stereocenters. The predicted octanol–water partition coefficient (Wildman–Crippen LogP) is 5.70. The number of anilines is 2. The van der Waals surface area contributed by atoms with Gasteiger partial charge < -0.3 is 25.4 Å². The Kier molecular flexibility index (Phi) is 6.98. The standard InChI is InChI=1S/C28H37N5O3/c1-16-10-20(13-21(29)11-16)18(3)30-26-23-14-25(17(2)12-24(23)31-19(4)32-26)35-22-8-9-33(15-22)27(34)36-28(5,6)7/h10-14,18,22H,8-9,15,29H2,1-7H3,(H,30,31,32)/t18-,22+/m1/s1. The number of hydrogen-bond acceptors (Lipinski definition) is 7. The lowest BCUT2D eigenvalue weighted by atomic mass is 10.0. The highest BCUT2D eigenvalue weighted by Gasteiger charge is 2.31. The first-order valence-corrected chi connectivity index (χ1v) is 12.4. The van der Waals surface area contributed by atoms with Crippen molar-refractivity contribution in [3.05, 3.63) is 52.8 Å². The molecule has 0 aliphatic carbocycles. The van der Waals surface area contributed by atoms with E-state index in [0.717, 1.165) is 51.3 Å². The fourth-order valence-corrected chi connectivity index (χ4v) is 4.49. The normalized spacial score (nSPS) is 16.8. The largest absolute Gasteiger partial charge is 0.488 e. The summed E-state index contributed by atoms with van der Waals surface area (Å²) in [6.45, 7) is 14.8. The quantitative estimate of drug-likeness (QED) is 0.441. The maximum absolute atomic E-state index is 12.5. The third-order valence-corrected chi connectivity index (χ3v) is 6.17. The number of rotatable bonds is 5. The minimum Gasteiger partial charge on any atom is -0.488 e. The van der Waals surface area contributed by atoms with Crippen molar-refractivity contribution in [3.8, 4) is 5.75 Å². The number of fused-ring (bicyclic) bond motifs is 1. The third-order valence-electron chi connectivity index (χ3n) is 6.17. The molecule has 3 N–H and O–H groups in total. The number of amides is 1. The highest BCUT2D eigenvalue weighted by atomic mass is 16.6. The number of carbonyl (C=O) groups excluding carboxylic acids is 1. The van der Waals surface area contributed by atoms with Crippen molar-refractivity contribution in [1.82, 2.24) is 14.9 Å². The van der Waals surface area contributed by atoms with Gasteiger partial charge in [0, 0.05) is 24.0 Å². The van der Waals surface area contributed by atoms with Gasteiger partial charge in [-0.25, -0.2) is 14.8 Å². The average Bonchev–Trinajstić information content (AvgIpc) is 3.21. The average molecular weight is 492 g/mol. The maximum Gasteiger partial charge on any atom is 0.410 e. The van der Waals surface area contributed by atoms with Gasteiger partial charge in [-0.05, 0) is 89.4 Å². The topological polar surface area (TPSA) is 103 Å². The smallest absolute Gasteiger partial charge is 0.410 e. The van der Waals surface area contributed by atoms with Gasteiger partial charge in [-0.3, -0.25) is 0 Å². The first-order valence-electron chi connectivity index (χ1n) is 12.4. The van der Waals surface area contributed by atoms with E-state index in [1.54, 1.807) is 4.90 Å². The van der Waals surface area contributed by atoms with E-state index in [0.29, 0.717) is 18.9 Å². The van der Waals surface area contributed by atoms with Crippen LogP contribution in [0.2, 0.25) is 0 Å². The molecular weight excluding hydrogens is 454 g/mol. The molecular formula is C28H37N5O3. The van der Waals surface area contributed by atoms with Gasteiger partial charge in [0.2, 0.25) is 0 Å². The Hall–Kier alpha value is -3.55. The molecule has 8 nitrogen and oxygen atoms in total. The lowest BCUT2D eigenvalue weighted by Crippen LogP contribution is -2.36. The zero-order valence-electron chi connectivity index (χ0n) is 22.3. The first-order chi connectivity index (χ1) is 16.9. The molecule has 0 saturated carbocycles. The van der Waals surface area contributed by atoms with Crippen LogP contribution in [0.3, 0.4) is 0 Å². The van der Waals surface area contributed by atoms with Crippen LogP contribution in [0.25, 0.3) is 10.9 Å². The molecule has 1 aliphatic heterocycles. The maximum atomic E-state index is 12.5. The molecule has 1 fully saturated rings.